The molecule has 2 aromatic rings. The van der Waals surface area contributed by atoms with Crippen LogP contribution in [0.15, 0.2) is 36.7 Å². The number of pyridine rings is 1. The molecular weight excluding hydrogens is 280 g/mol. The minimum atomic E-state index is -0.467. The zero-order chi connectivity index (χ0) is 15.7. The fraction of sp³-hybridized carbons (Fsp3) is 0.412. The number of rotatable bonds is 2. The molecule has 3 rings (SSSR count). The van der Waals surface area contributed by atoms with E-state index in [1.165, 1.54) is 0 Å². The average Bonchev–Trinajstić information content (AvgIpc) is 2.40. The molecule has 0 bridgehead atoms. The van der Waals surface area contributed by atoms with E-state index in [-0.39, 0.29) is 12.2 Å². The van der Waals surface area contributed by atoms with Gasteiger partial charge < -0.3 is 14.4 Å². The fourth-order valence-electron chi connectivity index (χ4n) is 2.36. The summed E-state index contributed by atoms with van der Waals surface area (Å²) in [6.07, 6.45) is 3.29. The van der Waals surface area contributed by atoms with E-state index in [1.54, 1.807) is 11.1 Å². The summed E-state index contributed by atoms with van der Waals surface area (Å²) in [4.78, 5) is 17.7. The lowest BCUT2D eigenvalue weighted by atomic mass is 10.1. The van der Waals surface area contributed by atoms with Crippen molar-refractivity contribution in [3.63, 3.8) is 0 Å². The van der Waals surface area contributed by atoms with E-state index in [9.17, 15) is 4.79 Å². The first-order valence-corrected chi connectivity index (χ1v) is 7.40. The molecule has 1 aromatic heterocycles. The minimum Gasteiger partial charge on any atom is -0.486 e. The number of benzene rings is 1. The average molecular weight is 300 g/mol. The van der Waals surface area contributed by atoms with E-state index in [0.717, 1.165) is 16.5 Å². The van der Waals surface area contributed by atoms with Gasteiger partial charge in [0, 0.05) is 23.2 Å². The van der Waals surface area contributed by atoms with Crippen molar-refractivity contribution >= 4 is 16.9 Å². The van der Waals surface area contributed by atoms with Crippen LogP contribution in [0.1, 0.15) is 20.8 Å². The largest absolute Gasteiger partial charge is 0.486 e. The molecule has 0 radical (unpaired) electrons. The van der Waals surface area contributed by atoms with E-state index >= 15 is 0 Å². The molecule has 0 spiro atoms. The Morgan fingerprint density at radius 1 is 1.27 bits per heavy atom. The Kier molecular flexibility index (Phi) is 3.64. The molecule has 1 saturated heterocycles. The van der Waals surface area contributed by atoms with Gasteiger partial charge in [0.15, 0.2) is 0 Å². The van der Waals surface area contributed by atoms with Gasteiger partial charge >= 0.3 is 6.09 Å². The number of carbonyl (C=O) groups is 1. The third-order valence-corrected chi connectivity index (χ3v) is 3.43. The number of fused-ring (bicyclic) bond motifs is 1. The van der Waals surface area contributed by atoms with Crippen LogP contribution < -0.4 is 4.74 Å². The molecule has 2 heterocycles. The standard InChI is InChI=1S/C17H20N2O3/c1-17(2,3)22-16(20)19-10-13(11-19)21-15-6-4-5-12-9-18-8-7-14(12)15/h4-9,13H,10-11H2,1-3H3. The summed E-state index contributed by atoms with van der Waals surface area (Å²) >= 11 is 0. The zero-order valence-electron chi connectivity index (χ0n) is 13.1. The van der Waals surface area contributed by atoms with E-state index in [2.05, 4.69) is 4.98 Å². The molecule has 0 unspecified atom stereocenters. The maximum absolute atomic E-state index is 11.9. The highest BCUT2D eigenvalue weighted by molar-refractivity contribution is 5.87. The van der Waals surface area contributed by atoms with E-state index in [4.69, 9.17) is 9.47 Å². The summed E-state index contributed by atoms with van der Waals surface area (Å²) < 4.78 is 11.3. The highest BCUT2D eigenvalue weighted by atomic mass is 16.6. The normalized spacial score (nSPS) is 15.5. The molecule has 0 saturated carbocycles. The first kappa shape index (κ1) is 14.6. The summed E-state index contributed by atoms with van der Waals surface area (Å²) in [5, 5.41) is 2.08. The van der Waals surface area contributed by atoms with Crippen LogP contribution in [0.25, 0.3) is 10.8 Å². The first-order chi connectivity index (χ1) is 10.4. The summed E-state index contributed by atoms with van der Waals surface area (Å²) in [7, 11) is 0. The molecule has 1 aromatic carbocycles. The summed E-state index contributed by atoms with van der Waals surface area (Å²) in [5.41, 5.74) is -0.467. The van der Waals surface area contributed by atoms with E-state index in [1.807, 2.05) is 51.2 Å². The molecular formula is C17H20N2O3. The van der Waals surface area contributed by atoms with Crippen LogP contribution in [0, 0.1) is 0 Å². The van der Waals surface area contributed by atoms with Crippen LogP contribution in [0.4, 0.5) is 4.79 Å². The number of nitrogens with zero attached hydrogens (tertiary/aromatic N) is 2. The second kappa shape index (κ2) is 5.48. The molecule has 22 heavy (non-hydrogen) atoms. The van der Waals surface area contributed by atoms with Gasteiger partial charge in [-0.3, -0.25) is 4.98 Å². The van der Waals surface area contributed by atoms with Crippen molar-refractivity contribution in [1.82, 2.24) is 9.88 Å². The number of carbonyl (C=O) groups excluding carboxylic acids is 1. The quantitative estimate of drug-likeness (QED) is 0.854. The summed E-state index contributed by atoms with van der Waals surface area (Å²) in [6.45, 7) is 6.70. The van der Waals surface area contributed by atoms with Gasteiger partial charge in [-0.1, -0.05) is 12.1 Å². The fourth-order valence-corrected chi connectivity index (χ4v) is 2.36. The van der Waals surface area contributed by atoms with Crippen LogP contribution in [0.2, 0.25) is 0 Å². The summed E-state index contributed by atoms with van der Waals surface area (Å²) in [6, 6.07) is 7.83. The lowest BCUT2D eigenvalue weighted by Crippen LogP contribution is -2.57. The van der Waals surface area contributed by atoms with Crippen molar-refractivity contribution in [2.24, 2.45) is 0 Å². The molecule has 1 amide bonds. The number of amides is 1. The minimum absolute atomic E-state index is 0.00582. The first-order valence-electron chi connectivity index (χ1n) is 7.40. The topological polar surface area (TPSA) is 51.7 Å². The van der Waals surface area contributed by atoms with Crippen molar-refractivity contribution < 1.29 is 14.3 Å². The second-order valence-electron chi connectivity index (χ2n) is 6.48. The zero-order valence-corrected chi connectivity index (χ0v) is 13.1. The van der Waals surface area contributed by atoms with Crippen molar-refractivity contribution in [2.45, 2.75) is 32.5 Å². The number of aromatic nitrogens is 1. The van der Waals surface area contributed by atoms with Crippen molar-refractivity contribution in [2.75, 3.05) is 13.1 Å². The third-order valence-electron chi connectivity index (χ3n) is 3.43. The van der Waals surface area contributed by atoms with Crippen molar-refractivity contribution in [3.8, 4) is 5.75 Å². The Bertz CT molecular complexity index is 682. The predicted octanol–water partition coefficient (Wildman–Crippen LogP) is 3.23. The Hall–Kier alpha value is -2.30. The third kappa shape index (κ3) is 3.13. The lowest BCUT2D eigenvalue weighted by Gasteiger charge is -2.39. The molecule has 0 atom stereocenters. The molecule has 0 aliphatic carbocycles. The molecule has 0 N–H and O–H groups in total. The highest BCUT2D eigenvalue weighted by Crippen LogP contribution is 2.27. The maximum Gasteiger partial charge on any atom is 0.410 e. The molecule has 5 nitrogen and oxygen atoms in total. The summed E-state index contributed by atoms with van der Waals surface area (Å²) in [5.74, 6) is 0.828. The second-order valence-corrected chi connectivity index (χ2v) is 6.48. The van der Waals surface area contributed by atoms with Crippen molar-refractivity contribution in [3.05, 3.63) is 36.7 Å². The van der Waals surface area contributed by atoms with Gasteiger partial charge in [-0.15, -0.1) is 0 Å². The SMILES string of the molecule is CC(C)(C)OC(=O)N1CC(Oc2cccc3cnccc23)C1. The van der Waals surface area contributed by atoms with Gasteiger partial charge in [0.25, 0.3) is 0 Å². The van der Waals surface area contributed by atoms with E-state index < -0.39 is 5.60 Å². The molecule has 5 heteroatoms. The number of ether oxygens (including phenoxy) is 2. The number of likely N-dealkylation sites (tertiary alicyclic amines) is 1. The lowest BCUT2D eigenvalue weighted by molar-refractivity contribution is -0.0217. The number of hydrogen-bond donors (Lipinski definition) is 0. The van der Waals surface area contributed by atoms with Gasteiger partial charge in [0.2, 0.25) is 0 Å². The molecule has 1 aliphatic rings. The van der Waals surface area contributed by atoms with Gasteiger partial charge in [0.1, 0.15) is 17.5 Å². The molecule has 1 fully saturated rings. The van der Waals surface area contributed by atoms with Crippen molar-refractivity contribution in [1.29, 1.82) is 0 Å². The predicted molar refractivity (Wildman–Crippen MR) is 84.0 cm³/mol. The van der Waals surface area contributed by atoms with E-state index in [0.29, 0.717) is 13.1 Å². The maximum atomic E-state index is 11.9. The van der Waals surface area contributed by atoms with Crippen LogP contribution in [-0.4, -0.2) is 40.8 Å². The molecule has 1 aliphatic heterocycles. The Labute approximate surface area is 129 Å². The van der Waals surface area contributed by atoms with Crippen LogP contribution in [0.5, 0.6) is 5.75 Å². The Morgan fingerprint density at radius 3 is 2.77 bits per heavy atom. The Balaban J connectivity index is 1.61. The highest BCUT2D eigenvalue weighted by Gasteiger charge is 2.35. The Morgan fingerprint density at radius 2 is 2.05 bits per heavy atom. The monoisotopic (exact) mass is 300 g/mol. The van der Waals surface area contributed by atoms with Gasteiger partial charge in [-0.2, -0.15) is 0 Å². The van der Waals surface area contributed by atoms with Gasteiger partial charge in [-0.05, 0) is 32.9 Å². The van der Waals surface area contributed by atoms with Crippen LogP contribution in [0.3, 0.4) is 0 Å². The van der Waals surface area contributed by atoms with Gasteiger partial charge in [-0.25, -0.2) is 4.79 Å². The van der Waals surface area contributed by atoms with Gasteiger partial charge in [0.05, 0.1) is 13.1 Å². The molecule has 116 valence electrons. The van der Waals surface area contributed by atoms with Crippen LogP contribution in [-0.2, 0) is 4.74 Å². The van der Waals surface area contributed by atoms with Crippen LogP contribution >= 0.6 is 0 Å². The number of hydrogen-bond acceptors (Lipinski definition) is 4. The smallest absolute Gasteiger partial charge is 0.410 e.